The lowest BCUT2D eigenvalue weighted by Crippen LogP contribution is -2.53. The van der Waals surface area contributed by atoms with Gasteiger partial charge in [0.2, 0.25) is 5.91 Å². The van der Waals surface area contributed by atoms with Crippen LogP contribution in [0.4, 0.5) is 0 Å². The third kappa shape index (κ3) is 1.95. The molecular weight excluding hydrogens is 242 g/mol. The largest absolute Gasteiger partial charge is 0.394 e. The molecule has 1 N–H and O–H groups in total. The molecule has 0 aromatic heterocycles. The van der Waals surface area contributed by atoms with E-state index in [1.165, 1.54) is 0 Å². The van der Waals surface area contributed by atoms with E-state index in [9.17, 15) is 9.90 Å². The first-order valence-corrected chi connectivity index (χ1v) is 6.81. The zero-order chi connectivity index (χ0) is 13.5. The van der Waals surface area contributed by atoms with Gasteiger partial charge in [0.1, 0.15) is 11.8 Å². The molecule has 0 bridgehead atoms. The summed E-state index contributed by atoms with van der Waals surface area (Å²) >= 11 is 0. The maximum Gasteiger partial charge on any atom is 0.225 e. The highest BCUT2D eigenvalue weighted by molar-refractivity contribution is 5.78. The van der Waals surface area contributed by atoms with Gasteiger partial charge in [-0.1, -0.05) is 30.3 Å². The maximum atomic E-state index is 12.2. The van der Waals surface area contributed by atoms with E-state index in [1.54, 1.807) is 4.90 Å². The minimum absolute atomic E-state index is 0.0686. The Morgan fingerprint density at radius 2 is 2.16 bits per heavy atom. The van der Waals surface area contributed by atoms with Crippen LogP contribution in [0.25, 0.3) is 0 Å². The first kappa shape index (κ1) is 12.6. The smallest absolute Gasteiger partial charge is 0.225 e. The van der Waals surface area contributed by atoms with Crippen molar-refractivity contribution in [1.82, 2.24) is 4.90 Å². The molecule has 2 aliphatic heterocycles. The first-order chi connectivity index (χ1) is 9.15. The average molecular weight is 261 g/mol. The molecule has 4 nitrogen and oxygen atoms in total. The van der Waals surface area contributed by atoms with Crippen LogP contribution in [0.5, 0.6) is 0 Å². The summed E-state index contributed by atoms with van der Waals surface area (Å²) in [6, 6.07) is 9.55. The Bertz CT molecular complexity index is 476. The summed E-state index contributed by atoms with van der Waals surface area (Å²) in [5.41, 5.74) is 0.452. The van der Waals surface area contributed by atoms with E-state index >= 15 is 0 Å². The molecule has 19 heavy (non-hydrogen) atoms. The number of amides is 1. The summed E-state index contributed by atoms with van der Waals surface area (Å²) in [5.74, 6) is 0.0891. The Balaban J connectivity index is 1.97. The molecule has 2 fully saturated rings. The molecule has 0 saturated carbocycles. The number of benzene rings is 1. The quantitative estimate of drug-likeness (QED) is 0.884. The fourth-order valence-corrected chi connectivity index (χ4v) is 3.32. The number of piperidine rings is 1. The van der Waals surface area contributed by atoms with Gasteiger partial charge in [-0.3, -0.25) is 4.79 Å². The summed E-state index contributed by atoms with van der Waals surface area (Å²) < 4.78 is 6.16. The van der Waals surface area contributed by atoms with E-state index in [4.69, 9.17) is 4.74 Å². The second-order valence-corrected chi connectivity index (χ2v) is 5.49. The van der Waals surface area contributed by atoms with Crippen molar-refractivity contribution in [3.63, 3.8) is 0 Å². The zero-order valence-corrected chi connectivity index (χ0v) is 11.1. The lowest BCUT2D eigenvalue weighted by molar-refractivity contribution is -0.159. The molecule has 0 radical (unpaired) electrons. The highest BCUT2D eigenvalue weighted by Gasteiger charge is 2.53. The van der Waals surface area contributed by atoms with Gasteiger partial charge in [-0.05, 0) is 25.3 Å². The van der Waals surface area contributed by atoms with Crippen molar-refractivity contribution in [2.24, 2.45) is 0 Å². The molecule has 2 heterocycles. The molecule has 102 valence electrons. The third-order valence-electron chi connectivity index (χ3n) is 4.19. The lowest BCUT2D eigenvalue weighted by atomic mass is 9.97. The molecule has 3 atom stereocenters. The van der Waals surface area contributed by atoms with Gasteiger partial charge in [0.05, 0.1) is 12.6 Å². The van der Waals surface area contributed by atoms with Crippen LogP contribution in [0, 0.1) is 0 Å². The average Bonchev–Trinajstić information content (AvgIpc) is 2.74. The summed E-state index contributed by atoms with van der Waals surface area (Å²) in [6.07, 6.45) is 2.00. The minimum Gasteiger partial charge on any atom is -0.394 e. The van der Waals surface area contributed by atoms with Crippen molar-refractivity contribution in [3.8, 4) is 0 Å². The topological polar surface area (TPSA) is 49.8 Å². The monoisotopic (exact) mass is 261 g/mol. The van der Waals surface area contributed by atoms with Gasteiger partial charge in [-0.15, -0.1) is 0 Å². The van der Waals surface area contributed by atoms with Gasteiger partial charge >= 0.3 is 0 Å². The number of carbonyl (C=O) groups is 1. The van der Waals surface area contributed by atoms with Crippen LogP contribution in [-0.2, 0) is 9.53 Å². The molecule has 1 amide bonds. The van der Waals surface area contributed by atoms with Crippen molar-refractivity contribution in [3.05, 3.63) is 35.9 Å². The van der Waals surface area contributed by atoms with Crippen LogP contribution in [0.1, 0.15) is 37.9 Å². The Morgan fingerprint density at radius 3 is 2.84 bits per heavy atom. The molecule has 1 aromatic carbocycles. The zero-order valence-electron chi connectivity index (χ0n) is 11.1. The number of nitrogens with zero attached hydrogens (tertiary/aromatic N) is 1. The van der Waals surface area contributed by atoms with Crippen LogP contribution in [-0.4, -0.2) is 34.3 Å². The molecule has 3 rings (SSSR count). The number of hydrogen-bond donors (Lipinski definition) is 1. The highest BCUT2D eigenvalue weighted by Crippen LogP contribution is 2.45. The summed E-state index contributed by atoms with van der Waals surface area (Å²) in [4.78, 5) is 13.9. The van der Waals surface area contributed by atoms with Gasteiger partial charge in [0, 0.05) is 6.42 Å². The molecule has 2 aliphatic rings. The van der Waals surface area contributed by atoms with Crippen molar-refractivity contribution in [2.45, 2.75) is 44.1 Å². The van der Waals surface area contributed by atoms with Gasteiger partial charge in [-0.25, -0.2) is 0 Å². The van der Waals surface area contributed by atoms with E-state index in [0.29, 0.717) is 6.42 Å². The normalized spacial score (nSPS) is 34.4. The number of rotatable bonds is 2. The van der Waals surface area contributed by atoms with E-state index in [1.807, 2.05) is 37.3 Å². The van der Waals surface area contributed by atoms with Crippen LogP contribution >= 0.6 is 0 Å². The van der Waals surface area contributed by atoms with Gasteiger partial charge < -0.3 is 14.7 Å². The van der Waals surface area contributed by atoms with Gasteiger partial charge in [0.15, 0.2) is 0 Å². The SMILES string of the molecule is C[C@]12CCCC(=O)N1[C@H](CO)C(c1ccccc1)O2. The summed E-state index contributed by atoms with van der Waals surface area (Å²) in [5, 5.41) is 9.70. The standard InChI is InChI=1S/C15H19NO3/c1-15-9-5-8-13(18)16(15)12(10-17)14(19-15)11-6-3-2-4-7-11/h2-4,6-7,12,14,17H,5,8-10H2,1H3/t12-,14?,15+/m1/s1. The van der Waals surface area contributed by atoms with E-state index in [-0.39, 0.29) is 24.7 Å². The maximum absolute atomic E-state index is 12.2. The highest BCUT2D eigenvalue weighted by atomic mass is 16.5. The third-order valence-corrected chi connectivity index (χ3v) is 4.19. The van der Waals surface area contributed by atoms with E-state index in [2.05, 4.69) is 0 Å². The van der Waals surface area contributed by atoms with Crippen LogP contribution in [0.3, 0.4) is 0 Å². The van der Waals surface area contributed by atoms with Gasteiger partial charge in [-0.2, -0.15) is 0 Å². The fourth-order valence-electron chi connectivity index (χ4n) is 3.32. The predicted octanol–water partition coefficient (Wildman–Crippen LogP) is 1.85. The molecule has 1 aromatic rings. The van der Waals surface area contributed by atoms with E-state index in [0.717, 1.165) is 18.4 Å². The first-order valence-electron chi connectivity index (χ1n) is 6.81. The number of hydrogen-bond acceptors (Lipinski definition) is 3. The number of aliphatic hydroxyl groups is 1. The van der Waals surface area contributed by atoms with E-state index < -0.39 is 5.72 Å². The van der Waals surface area contributed by atoms with Crippen molar-refractivity contribution in [2.75, 3.05) is 6.61 Å². The second kappa shape index (κ2) is 4.62. The Hall–Kier alpha value is -1.39. The Morgan fingerprint density at radius 1 is 1.42 bits per heavy atom. The predicted molar refractivity (Wildman–Crippen MR) is 70.2 cm³/mol. The van der Waals surface area contributed by atoms with Crippen molar-refractivity contribution < 1.29 is 14.6 Å². The molecule has 2 saturated heterocycles. The molecular formula is C15H19NO3. The number of aliphatic hydroxyl groups excluding tert-OH is 1. The Labute approximate surface area is 113 Å². The fraction of sp³-hybridized carbons (Fsp3) is 0.533. The van der Waals surface area contributed by atoms with Gasteiger partial charge in [0.25, 0.3) is 0 Å². The summed E-state index contributed by atoms with van der Waals surface area (Å²) in [6.45, 7) is 1.89. The second-order valence-electron chi connectivity index (χ2n) is 5.49. The van der Waals surface area contributed by atoms with Crippen LogP contribution < -0.4 is 0 Å². The van der Waals surface area contributed by atoms with Crippen LogP contribution in [0.2, 0.25) is 0 Å². The number of carbonyl (C=O) groups excluding carboxylic acids is 1. The Kier molecular flexibility index (Phi) is 3.07. The van der Waals surface area contributed by atoms with Crippen LogP contribution in [0.15, 0.2) is 30.3 Å². The number of fused-ring (bicyclic) bond motifs is 1. The molecule has 0 spiro atoms. The lowest BCUT2D eigenvalue weighted by Gasteiger charge is -2.39. The van der Waals surface area contributed by atoms with Crippen molar-refractivity contribution in [1.29, 1.82) is 0 Å². The minimum atomic E-state index is -0.566. The number of ether oxygens (including phenoxy) is 1. The summed E-state index contributed by atoms with van der Waals surface area (Å²) in [7, 11) is 0. The molecule has 1 unspecified atom stereocenters. The molecule has 4 heteroatoms. The van der Waals surface area contributed by atoms with Crippen molar-refractivity contribution >= 4 is 5.91 Å². The molecule has 0 aliphatic carbocycles.